The third kappa shape index (κ3) is 3.13. The van der Waals surface area contributed by atoms with Crippen molar-refractivity contribution in [3.8, 4) is 0 Å². The van der Waals surface area contributed by atoms with Crippen molar-refractivity contribution in [2.24, 2.45) is 0 Å². The Balaban J connectivity index is 1.30. The van der Waals surface area contributed by atoms with Gasteiger partial charge in [-0.05, 0) is 43.2 Å². The van der Waals surface area contributed by atoms with Crippen LogP contribution in [0.5, 0.6) is 0 Å². The molecule has 2 aliphatic rings. The summed E-state index contributed by atoms with van der Waals surface area (Å²) in [5.74, 6) is 0.0880. The van der Waals surface area contributed by atoms with Crippen LogP contribution in [-0.4, -0.2) is 52.0 Å². The number of anilines is 1. The number of fused-ring (bicyclic) bond motifs is 1. The molecule has 1 aliphatic carbocycles. The van der Waals surface area contributed by atoms with Crippen molar-refractivity contribution in [2.75, 3.05) is 31.1 Å². The van der Waals surface area contributed by atoms with E-state index in [0.29, 0.717) is 11.6 Å². The number of piperazine rings is 1. The number of aromatic nitrogens is 3. The Hall–Kier alpha value is -2.89. The van der Waals surface area contributed by atoms with Crippen LogP contribution in [0.1, 0.15) is 42.1 Å². The van der Waals surface area contributed by atoms with E-state index in [9.17, 15) is 4.79 Å². The number of carbonyl (C=O) groups excluding carboxylic acids is 1. The predicted octanol–water partition coefficient (Wildman–Crippen LogP) is 3.51. The number of para-hydroxylation sites is 1. The minimum atomic E-state index is 0.0880. The summed E-state index contributed by atoms with van der Waals surface area (Å²) in [7, 11) is 0. The summed E-state index contributed by atoms with van der Waals surface area (Å²) in [6.07, 6.45) is 4.87. The first-order valence-corrected chi connectivity index (χ1v) is 10.2. The van der Waals surface area contributed by atoms with E-state index in [1.165, 1.54) is 31.4 Å². The highest BCUT2D eigenvalue weighted by molar-refractivity contribution is 5.97. The van der Waals surface area contributed by atoms with Crippen LogP contribution in [0.15, 0.2) is 48.5 Å². The molecule has 1 saturated carbocycles. The molecule has 28 heavy (non-hydrogen) atoms. The van der Waals surface area contributed by atoms with Gasteiger partial charge >= 0.3 is 0 Å². The summed E-state index contributed by atoms with van der Waals surface area (Å²) in [5, 5.41) is 8.71. The van der Waals surface area contributed by atoms with E-state index in [1.54, 1.807) is 0 Å². The minimum absolute atomic E-state index is 0.0880. The number of rotatable bonds is 3. The average molecular weight is 375 g/mol. The summed E-state index contributed by atoms with van der Waals surface area (Å²) >= 11 is 0. The topological polar surface area (TPSA) is 54.3 Å². The van der Waals surface area contributed by atoms with Crippen LogP contribution in [0.4, 0.5) is 5.69 Å². The fraction of sp³-hybridized carbons (Fsp3) is 0.409. The molecular weight excluding hydrogens is 350 g/mol. The van der Waals surface area contributed by atoms with Crippen molar-refractivity contribution in [2.45, 2.75) is 31.7 Å². The second kappa shape index (κ2) is 7.26. The van der Waals surface area contributed by atoms with Gasteiger partial charge in [0, 0.05) is 37.4 Å². The highest BCUT2D eigenvalue weighted by Gasteiger charge is 2.24. The van der Waals surface area contributed by atoms with Crippen molar-refractivity contribution >= 4 is 22.6 Å². The molecular formula is C22H25N5O. The normalized spacial score (nSPS) is 18.1. The molecule has 1 amide bonds. The molecule has 0 unspecified atom stereocenters. The Bertz CT molecular complexity index is 969. The molecule has 1 saturated heterocycles. The van der Waals surface area contributed by atoms with E-state index in [-0.39, 0.29) is 5.91 Å². The van der Waals surface area contributed by atoms with Gasteiger partial charge in [0.1, 0.15) is 5.52 Å². The first-order valence-electron chi connectivity index (χ1n) is 10.2. The SMILES string of the molecule is O=C(c1ccc2c(c1)nnn2C1CCCC1)N1CCN(c2ccccc2)CC1. The largest absolute Gasteiger partial charge is 0.368 e. The van der Waals surface area contributed by atoms with E-state index < -0.39 is 0 Å². The van der Waals surface area contributed by atoms with E-state index in [1.807, 2.05) is 29.2 Å². The number of nitrogens with zero attached hydrogens (tertiary/aromatic N) is 5. The maximum absolute atomic E-state index is 13.0. The molecule has 6 heteroatoms. The van der Waals surface area contributed by atoms with Crippen LogP contribution in [-0.2, 0) is 0 Å². The van der Waals surface area contributed by atoms with Gasteiger partial charge in [-0.25, -0.2) is 4.68 Å². The van der Waals surface area contributed by atoms with Gasteiger partial charge in [0.15, 0.2) is 0 Å². The smallest absolute Gasteiger partial charge is 0.254 e. The van der Waals surface area contributed by atoms with Gasteiger partial charge < -0.3 is 9.80 Å². The first kappa shape index (κ1) is 17.2. The van der Waals surface area contributed by atoms with Crippen molar-refractivity contribution in [1.29, 1.82) is 0 Å². The number of amides is 1. The van der Waals surface area contributed by atoms with Gasteiger partial charge in [0.2, 0.25) is 0 Å². The van der Waals surface area contributed by atoms with E-state index in [2.05, 4.69) is 44.2 Å². The second-order valence-corrected chi connectivity index (χ2v) is 7.79. The first-order chi connectivity index (χ1) is 13.8. The number of carbonyl (C=O) groups is 1. The van der Waals surface area contributed by atoms with Crippen LogP contribution < -0.4 is 4.90 Å². The van der Waals surface area contributed by atoms with Crippen LogP contribution in [0, 0.1) is 0 Å². The quantitative estimate of drug-likeness (QED) is 0.703. The van der Waals surface area contributed by atoms with Gasteiger partial charge in [0.05, 0.1) is 11.6 Å². The Morgan fingerprint density at radius 2 is 1.68 bits per heavy atom. The summed E-state index contributed by atoms with van der Waals surface area (Å²) < 4.78 is 2.05. The van der Waals surface area contributed by atoms with Crippen LogP contribution >= 0.6 is 0 Å². The lowest BCUT2D eigenvalue weighted by Gasteiger charge is -2.36. The summed E-state index contributed by atoms with van der Waals surface area (Å²) in [6.45, 7) is 3.19. The van der Waals surface area contributed by atoms with E-state index >= 15 is 0 Å². The van der Waals surface area contributed by atoms with Crippen LogP contribution in [0.25, 0.3) is 11.0 Å². The maximum Gasteiger partial charge on any atom is 0.254 e. The fourth-order valence-electron chi connectivity index (χ4n) is 4.48. The molecule has 0 atom stereocenters. The van der Waals surface area contributed by atoms with Crippen LogP contribution in [0.3, 0.4) is 0 Å². The lowest BCUT2D eigenvalue weighted by Crippen LogP contribution is -2.48. The molecule has 0 N–H and O–H groups in total. The Morgan fingerprint density at radius 3 is 2.43 bits per heavy atom. The number of benzene rings is 2. The standard InChI is InChI=1S/C22H25N5O/c28-22(26-14-12-25(13-15-26)18-6-2-1-3-7-18)17-10-11-21-20(16-17)23-24-27(21)19-8-4-5-9-19/h1-3,6-7,10-11,16,19H,4-5,8-9,12-15H2. The minimum Gasteiger partial charge on any atom is -0.368 e. The van der Waals surface area contributed by atoms with Gasteiger partial charge in [-0.15, -0.1) is 5.10 Å². The molecule has 3 aromatic rings. The molecule has 0 spiro atoms. The lowest BCUT2D eigenvalue weighted by molar-refractivity contribution is 0.0747. The third-order valence-corrected chi connectivity index (χ3v) is 6.08. The van der Waals surface area contributed by atoms with E-state index in [4.69, 9.17) is 0 Å². The molecule has 144 valence electrons. The monoisotopic (exact) mass is 375 g/mol. The zero-order valence-electron chi connectivity index (χ0n) is 16.0. The van der Waals surface area contributed by atoms with E-state index in [0.717, 1.165) is 37.2 Å². The molecule has 0 radical (unpaired) electrons. The molecule has 1 aliphatic heterocycles. The van der Waals surface area contributed by atoms with Gasteiger partial charge in [-0.3, -0.25) is 4.79 Å². The molecule has 2 heterocycles. The van der Waals surface area contributed by atoms with Crippen molar-refractivity contribution in [1.82, 2.24) is 19.9 Å². The number of hydrogen-bond acceptors (Lipinski definition) is 4. The van der Waals surface area contributed by atoms with Crippen molar-refractivity contribution < 1.29 is 4.79 Å². The summed E-state index contributed by atoms with van der Waals surface area (Å²) in [5.41, 5.74) is 3.79. The summed E-state index contributed by atoms with van der Waals surface area (Å²) in [4.78, 5) is 17.3. The highest BCUT2D eigenvalue weighted by Crippen LogP contribution is 2.31. The Morgan fingerprint density at radius 1 is 0.929 bits per heavy atom. The average Bonchev–Trinajstić information content (AvgIpc) is 3.43. The molecule has 6 nitrogen and oxygen atoms in total. The second-order valence-electron chi connectivity index (χ2n) is 7.79. The number of hydrogen-bond donors (Lipinski definition) is 0. The summed E-state index contributed by atoms with van der Waals surface area (Å²) in [6, 6.07) is 16.7. The zero-order chi connectivity index (χ0) is 18.9. The highest BCUT2D eigenvalue weighted by atomic mass is 16.2. The Labute approximate surface area is 164 Å². The molecule has 2 fully saturated rings. The van der Waals surface area contributed by atoms with Gasteiger partial charge in [-0.1, -0.05) is 36.3 Å². The predicted molar refractivity (Wildman–Crippen MR) is 110 cm³/mol. The van der Waals surface area contributed by atoms with Gasteiger partial charge in [-0.2, -0.15) is 0 Å². The Kier molecular flexibility index (Phi) is 4.47. The molecule has 0 bridgehead atoms. The zero-order valence-corrected chi connectivity index (χ0v) is 16.0. The molecule has 2 aromatic carbocycles. The maximum atomic E-state index is 13.0. The van der Waals surface area contributed by atoms with Crippen molar-refractivity contribution in [3.05, 3.63) is 54.1 Å². The molecule has 1 aromatic heterocycles. The molecule has 5 rings (SSSR count). The fourth-order valence-corrected chi connectivity index (χ4v) is 4.48. The van der Waals surface area contributed by atoms with Crippen molar-refractivity contribution in [3.63, 3.8) is 0 Å². The lowest BCUT2D eigenvalue weighted by atomic mass is 10.1. The van der Waals surface area contributed by atoms with Crippen LogP contribution in [0.2, 0.25) is 0 Å². The third-order valence-electron chi connectivity index (χ3n) is 6.08. The van der Waals surface area contributed by atoms with Gasteiger partial charge in [0.25, 0.3) is 5.91 Å².